The number of rotatable bonds is 4. The van der Waals surface area contributed by atoms with Gasteiger partial charge in [-0.2, -0.15) is 0 Å². The van der Waals surface area contributed by atoms with Gasteiger partial charge in [-0.05, 0) is 19.4 Å². The second-order valence-corrected chi connectivity index (χ2v) is 4.40. The van der Waals surface area contributed by atoms with E-state index in [1.165, 1.54) is 4.90 Å². The first kappa shape index (κ1) is 14.7. The summed E-state index contributed by atoms with van der Waals surface area (Å²) in [7, 11) is 3.17. The van der Waals surface area contributed by atoms with Crippen molar-refractivity contribution in [2.24, 2.45) is 0 Å². The van der Waals surface area contributed by atoms with Crippen LogP contribution in [0.25, 0.3) is 0 Å². The molecule has 0 radical (unpaired) electrons. The number of nitrogens with zero attached hydrogens (tertiary/aromatic N) is 1. The summed E-state index contributed by atoms with van der Waals surface area (Å²) in [5.74, 6) is -1.82. The standard InChI is InChI=1S/C12H17N3O4/c1-6-9(7(2)14-10(6)12(18)19)11(17)13-5-8(16)15(3)4/h14H,5H2,1-4H3,(H,13,17)(H,18,19). The third kappa shape index (κ3) is 3.12. The Morgan fingerprint density at radius 3 is 2.26 bits per heavy atom. The maximum absolute atomic E-state index is 12.0. The molecule has 2 amide bonds. The van der Waals surface area contributed by atoms with Crippen LogP contribution in [0.1, 0.15) is 32.1 Å². The van der Waals surface area contributed by atoms with Gasteiger partial charge in [0.25, 0.3) is 5.91 Å². The van der Waals surface area contributed by atoms with E-state index in [2.05, 4.69) is 10.3 Å². The number of likely N-dealkylation sites (N-methyl/N-ethyl adjacent to an activating group) is 1. The summed E-state index contributed by atoms with van der Waals surface area (Å²) in [5.41, 5.74) is 1.08. The number of aromatic nitrogens is 1. The fourth-order valence-electron chi connectivity index (χ4n) is 1.71. The molecule has 1 heterocycles. The largest absolute Gasteiger partial charge is 0.477 e. The number of carbonyl (C=O) groups excluding carboxylic acids is 2. The molecule has 0 saturated heterocycles. The number of hydrogen-bond acceptors (Lipinski definition) is 3. The van der Waals surface area contributed by atoms with E-state index in [1.54, 1.807) is 27.9 Å². The van der Waals surface area contributed by atoms with Gasteiger partial charge >= 0.3 is 5.97 Å². The lowest BCUT2D eigenvalue weighted by Crippen LogP contribution is -2.36. The second-order valence-electron chi connectivity index (χ2n) is 4.40. The van der Waals surface area contributed by atoms with Crippen LogP contribution < -0.4 is 5.32 Å². The molecule has 104 valence electrons. The molecule has 19 heavy (non-hydrogen) atoms. The molecular weight excluding hydrogens is 250 g/mol. The predicted molar refractivity (Wildman–Crippen MR) is 68.3 cm³/mol. The number of H-pyrrole nitrogens is 1. The van der Waals surface area contributed by atoms with Crippen LogP contribution in [0.2, 0.25) is 0 Å². The minimum atomic E-state index is -1.12. The van der Waals surface area contributed by atoms with E-state index in [-0.39, 0.29) is 23.7 Å². The highest BCUT2D eigenvalue weighted by Gasteiger charge is 2.21. The molecule has 0 saturated carbocycles. The predicted octanol–water partition coefficient (Wildman–Crippen LogP) is 0.148. The average Bonchev–Trinajstić information content (AvgIpc) is 2.61. The van der Waals surface area contributed by atoms with Crippen molar-refractivity contribution in [1.29, 1.82) is 0 Å². The molecule has 0 aromatic carbocycles. The maximum Gasteiger partial charge on any atom is 0.352 e. The van der Waals surface area contributed by atoms with Crippen molar-refractivity contribution in [2.45, 2.75) is 13.8 Å². The van der Waals surface area contributed by atoms with Crippen molar-refractivity contribution in [3.8, 4) is 0 Å². The van der Waals surface area contributed by atoms with E-state index in [9.17, 15) is 14.4 Å². The number of aromatic amines is 1. The number of hydrogen-bond donors (Lipinski definition) is 3. The monoisotopic (exact) mass is 267 g/mol. The van der Waals surface area contributed by atoms with E-state index in [4.69, 9.17) is 5.11 Å². The third-order valence-electron chi connectivity index (χ3n) is 2.78. The molecule has 0 atom stereocenters. The highest BCUT2D eigenvalue weighted by molar-refractivity contribution is 6.01. The zero-order valence-corrected chi connectivity index (χ0v) is 11.3. The van der Waals surface area contributed by atoms with Crippen LogP contribution in [0, 0.1) is 13.8 Å². The van der Waals surface area contributed by atoms with Crippen molar-refractivity contribution in [2.75, 3.05) is 20.6 Å². The van der Waals surface area contributed by atoms with Gasteiger partial charge in [-0.3, -0.25) is 9.59 Å². The van der Waals surface area contributed by atoms with Crippen molar-refractivity contribution in [1.82, 2.24) is 15.2 Å². The van der Waals surface area contributed by atoms with Crippen LogP contribution in [-0.2, 0) is 4.79 Å². The van der Waals surface area contributed by atoms with Crippen molar-refractivity contribution in [3.05, 3.63) is 22.5 Å². The number of aromatic carboxylic acids is 1. The Morgan fingerprint density at radius 1 is 1.26 bits per heavy atom. The molecule has 1 aromatic heterocycles. The van der Waals surface area contributed by atoms with Crippen molar-refractivity contribution in [3.63, 3.8) is 0 Å². The Morgan fingerprint density at radius 2 is 1.84 bits per heavy atom. The maximum atomic E-state index is 12.0. The first-order valence-electron chi connectivity index (χ1n) is 5.66. The van der Waals surface area contributed by atoms with Gasteiger partial charge in [0, 0.05) is 19.8 Å². The normalized spacial score (nSPS) is 10.1. The smallest absolute Gasteiger partial charge is 0.352 e. The number of carboxylic acid groups (broad SMARTS) is 1. The molecule has 1 aromatic rings. The van der Waals surface area contributed by atoms with Crippen LogP contribution in [0.15, 0.2) is 0 Å². The third-order valence-corrected chi connectivity index (χ3v) is 2.78. The first-order valence-corrected chi connectivity index (χ1v) is 5.66. The van der Waals surface area contributed by atoms with Crippen molar-refractivity contribution >= 4 is 17.8 Å². The van der Waals surface area contributed by atoms with Gasteiger partial charge in [-0.15, -0.1) is 0 Å². The molecule has 3 N–H and O–H groups in total. The Kier molecular flexibility index (Phi) is 4.31. The highest BCUT2D eigenvalue weighted by Crippen LogP contribution is 2.17. The highest BCUT2D eigenvalue weighted by atomic mass is 16.4. The summed E-state index contributed by atoms with van der Waals surface area (Å²) in [4.78, 5) is 38.3. The van der Waals surface area contributed by atoms with Crippen LogP contribution in [0.5, 0.6) is 0 Å². The molecule has 0 bridgehead atoms. The lowest BCUT2D eigenvalue weighted by molar-refractivity contribution is -0.127. The Bertz CT molecular complexity index is 531. The molecule has 0 unspecified atom stereocenters. The Balaban J connectivity index is 2.89. The number of nitrogens with one attached hydrogen (secondary N) is 2. The molecule has 7 nitrogen and oxygen atoms in total. The van der Waals surface area contributed by atoms with E-state index >= 15 is 0 Å². The zero-order chi connectivity index (χ0) is 14.7. The SMILES string of the molecule is Cc1[nH]c(C(=O)O)c(C)c1C(=O)NCC(=O)N(C)C. The van der Waals surface area contributed by atoms with Gasteiger partial charge in [0.2, 0.25) is 5.91 Å². The molecule has 7 heteroatoms. The minimum Gasteiger partial charge on any atom is -0.477 e. The Hall–Kier alpha value is -2.31. The fourth-order valence-corrected chi connectivity index (χ4v) is 1.71. The molecular formula is C12H17N3O4. The van der Waals surface area contributed by atoms with Crippen LogP contribution in [0.4, 0.5) is 0 Å². The summed E-state index contributed by atoms with van der Waals surface area (Å²) in [6, 6.07) is 0. The van der Waals surface area contributed by atoms with Crippen molar-refractivity contribution < 1.29 is 19.5 Å². The molecule has 0 aliphatic rings. The number of carboxylic acids is 1. The Labute approximate surface area is 110 Å². The van der Waals surface area contributed by atoms with E-state index in [1.807, 2.05) is 0 Å². The zero-order valence-electron chi connectivity index (χ0n) is 11.3. The summed E-state index contributed by atoms with van der Waals surface area (Å²) >= 11 is 0. The van der Waals surface area contributed by atoms with Gasteiger partial charge in [-0.25, -0.2) is 4.79 Å². The molecule has 0 spiro atoms. The van der Waals surface area contributed by atoms with Crippen LogP contribution in [0.3, 0.4) is 0 Å². The van der Waals surface area contributed by atoms with Gasteiger partial charge in [0.1, 0.15) is 5.69 Å². The summed E-state index contributed by atoms with van der Waals surface area (Å²) in [6.45, 7) is 3.04. The summed E-state index contributed by atoms with van der Waals surface area (Å²) in [6.07, 6.45) is 0. The van der Waals surface area contributed by atoms with Gasteiger partial charge in [-0.1, -0.05) is 0 Å². The van der Waals surface area contributed by atoms with E-state index in [0.717, 1.165) is 0 Å². The lowest BCUT2D eigenvalue weighted by atomic mass is 10.1. The summed E-state index contributed by atoms with van der Waals surface area (Å²) in [5, 5.41) is 11.4. The first-order chi connectivity index (χ1) is 8.75. The van der Waals surface area contributed by atoms with Gasteiger partial charge < -0.3 is 20.3 Å². The molecule has 1 rings (SSSR count). The molecule has 0 fully saturated rings. The number of aryl methyl sites for hydroxylation is 1. The molecule has 0 aliphatic carbocycles. The summed E-state index contributed by atoms with van der Waals surface area (Å²) < 4.78 is 0. The van der Waals surface area contributed by atoms with Crippen LogP contribution in [-0.4, -0.2) is 53.4 Å². The number of amides is 2. The van der Waals surface area contributed by atoms with Gasteiger partial charge in [0.15, 0.2) is 0 Å². The van der Waals surface area contributed by atoms with E-state index in [0.29, 0.717) is 11.3 Å². The van der Waals surface area contributed by atoms with Gasteiger partial charge in [0.05, 0.1) is 12.1 Å². The van der Waals surface area contributed by atoms with Crippen LogP contribution >= 0.6 is 0 Å². The topological polar surface area (TPSA) is 102 Å². The number of carbonyl (C=O) groups is 3. The second kappa shape index (κ2) is 5.55. The minimum absolute atomic E-state index is 0.0124. The molecule has 0 aliphatic heterocycles. The quantitative estimate of drug-likeness (QED) is 0.722. The van der Waals surface area contributed by atoms with E-state index < -0.39 is 11.9 Å². The lowest BCUT2D eigenvalue weighted by Gasteiger charge is -2.11. The fraction of sp³-hybridized carbons (Fsp3) is 0.417. The average molecular weight is 267 g/mol.